The number of nitrogens with zero attached hydrogens (tertiary/aromatic N) is 1. The standard InChI is InChI=1S/C21H37N3S/c1-5-9-15-24(16-10-6-2)17-14-22-21(25)23-20-18(7-3)12-11-13-19(20)8-4/h11-13H,5-10,14-17H2,1-4H3,(H2,22,23,25). The Morgan fingerprint density at radius 2 is 1.48 bits per heavy atom. The summed E-state index contributed by atoms with van der Waals surface area (Å²) in [7, 11) is 0. The second kappa shape index (κ2) is 13.1. The molecule has 0 bridgehead atoms. The van der Waals surface area contributed by atoms with Crippen LogP contribution in [0.4, 0.5) is 5.69 Å². The van der Waals surface area contributed by atoms with Gasteiger partial charge in [0, 0.05) is 18.8 Å². The first-order valence-electron chi connectivity index (χ1n) is 10.0. The second-order valence-electron chi connectivity index (χ2n) is 6.59. The van der Waals surface area contributed by atoms with E-state index in [1.54, 1.807) is 0 Å². The van der Waals surface area contributed by atoms with Gasteiger partial charge < -0.3 is 15.5 Å². The van der Waals surface area contributed by atoms with Gasteiger partial charge in [-0.3, -0.25) is 0 Å². The van der Waals surface area contributed by atoms with Crippen LogP contribution in [-0.2, 0) is 12.8 Å². The maximum atomic E-state index is 5.54. The Bertz CT molecular complexity index is 472. The first-order chi connectivity index (χ1) is 12.2. The molecule has 0 saturated carbocycles. The second-order valence-corrected chi connectivity index (χ2v) is 7.00. The van der Waals surface area contributed by atoms with Gasteiger partial charge in [-0.1, -0.05) is 58.7 Å². The molecule has 0 unspecified atom stereocenters. The number of unbranched alkanes of at least 4 members (excludes halogenated alkanes) is 2. The number of para-hydroxylation sites is 1. The van der Waals surface area contributed by atoms with E-state index in [2.05, 4.69) is 61.4 Å². The SMILES string of the molecule is CCCCN(CCCC)CCNC(=S)Nc1c(CC)cccc1CC. The molecule has 25 heavy (non-hydrogen) atoms. The van der Waals surface area contributed by atoms with E-state index in [1.165, 1.54) is 55.6 Å². The van der Waals surface area contributed by atoms with Crippen LogP contribution in [0.1, 0.15) is 64.5 Å². The lowest BCUT2D eigenvalue weighted by atomic mass is 10.0. The van der Waals surface area contributed by atoms with E-state index in [0.717, 1.165) is 31.0 Å². The minimum atomic E-state index is 0.738. The van der Waals surface area contributed by atoms with Crippen molar-refractivity contribution in [2.75, 3.05) is 31.5 Å². The van der Waals surface area contributed by atoms with Gasteiger partial charge in [-0.25, -0.2) is 0 Å². The van der Waals surface area contributed by atoms with Crippen molar-refractivity contribution >= 4 is 23.0 Å². The van der Waals surface area contributed by atoms with E-state index in [4.69, 9.17) is 12.2 Å². The molecule has 0 atom stereocenters. The fraction of sp³-hybridized carbons (Fsp3) is 0.667. The predicted octanol–water partition coefficient (Wildman–Crippen LogP) is 5.00. The summed E-state index contributed by atoms with van der Waals surface area (Å²) in [5.74, 6) is 0. The van der Waals surface area contributed by atoms with Crippen LogP contribution in [0.15, 0.2) is 18.2 Å². The minimum Gasteiger partial charge on any atom is -0.361 e. The topological polar surface area (TPSA) is 27.3 Å². The molecule has 0 heterocycles. The summed E-state index contributed by atoms with van der Waals surface area (Å²) in [4.78, 5) is 2.56. The van der Waals surface area contributed by atoms with Crippen molar-refractivity contribution in [3.05, 3.63) is 29.3 Å². The highest BCUT2D eigenvalue weighted by molar-refractivity contribution is 7.80. The normalized spacial score (nSPS) is 10.9. The molecule has 1 aromatic rings. The highest BCUT2D eigenvalue weighted by atomic mass is 32.1. The van der Waals surface area contributed by atoms with Crippen LogP contribution < -0.4 is 10.6 Å². The third-order valence-corrected chi connectivity index (χ3v) is 4.85. The van der Waals surface area contributed by atoms with Crippen molar-refractivity contribution in [1.82, 2.24) is 10.2 Å². The summed E-state index contributed by atoms with van der Waals surface area (Å²) in [5, 5.41) is 7.58. The molecule has 0 saturated heterocycles. The van der Waals surface area contributed by atoms with Gasteiger partial charge in [0.15, 0.2) is 5.11 Å². The number of thiocarbonyl (C=S) groups is 1. The van der Waals surface area contributed by atoms with Gasteiger partial charge in [0.05, 0.1) is 0 Å². The summed E-state index contributed by atoms with van der Waals surface area (Å²) in [6.07, 6.45) is 7.08. The average Bonchev–Trinajstić information content (AvgIpc) is 2.63. The molecule has 3 nitrogen and oxygen atoms in total. The molecule has 0 aliphatic rings. The molecule has 0 aliphatic heterocycles. The van der Waals surface area contributed by atoms with E-state index in [1.807, 2.05) is 0 Å². The van der Waals surface area contributed by atoms with Crippen LogP contribution in [0.3, 0.4) is 0 Å². The highest BCUT2D eigenvalue weighted by Crippen LogP contribution is 2.22. The third kappa shape index (κ3) is 8.19. The van der Waals surface area contributed by atoms with Crippen molar-refractivity contribution < 1.29 is 0 Å². The number of rotatable bonds is 12. The van der Waals surface area contributed by atoms with E-state index in [-0.39, 0.29) is 0 Å². The Hall–Kier alpha value is -1.13. The van der Waals surface area contributed by atoms with E-state index < -0.39 is 0 Å². The van der Waals surface area contributed by atoms with Gasteiger partial charge in [-0.15, -0.1) is 0 Å². The number of hydrogen-bond acceptors (Lipinski definition) is 2. The van der Waals surface area contributed by atoms with E-state index >= 15 is 0 Å². The summed E-state index contributed by atoms with van der Waals surface area (Å²) in [5.41, 5.74) is 3.85. The van der Waals surface area contributed by atoms with Crippen LogP contribution in [0.5, 0.6) is 0 Å². The number of aryl methyl sites for hydroxylation is 2. The molecule has 0 spiro atoms. The Morgan fingerprint density at radius 1 is 0.920 bits per heavy atom. The molecule has 1 rings (SSSR count). The van der Waals surface area contributed by atoms with Gasteiger partial charge in [-0.05, 0) is 62.1 Å². The zero-order valence-corrected chi connectivity index (χ0v) is 17.5. The lowest BCUT2D eigenvalue weighted by molar-refractivity contribution is 0.269. The van der Waals surface area contributed by atoms with E-state index in [0.29, 0.717) is 0 Å². The average molecular weight is 364 g/mol. The van der Waals surface area contributed by atoms with Gasteiger partial charge in [0.25, 0.3) is 0 Å². The van der Waals surface area contributed by atoms with E-state index in [9.17, 15) is 0 Å². The fourth-order valence-corrected chi connectivity index (χ4v) is 3.19. The summed E-state index contributed by atoms with van der Waals surface area (Å²) < 4.78 is 0. The lowest BCUT2D eigenvalue weighted by Gasteiger charge is -2.23. The van der Waals surface area contributed by atoms with Crippen molar-refractivity contribution in [2.24, 2.45) is 0 Å². The van der Waals surface area contributed by atoms with Crippen molar-refractivity contribution in [3.8, 4) is 0 Å². The van der Waals surface area contributed by atoms with Gasteiger partial charge in [0.1, 0.15) is 0 Å². The highest BCUT2D eigenvalue weighted by Gasteiger charge is 2.08. The first kappa shape index (κ1) is 21.9. The number of benzene rings is 1. The van der Waals surface area contributed by atoms with Crippen LogP contribution >= 0.6 is 12.2 Å². The van der Waals surface area contributed by atoms with Crippen molar-refractivity contribution in [2.45, 2.75) is 66.2 Å². The third-order valence-electron chi connectivity index (χ3n) is 4.61. The number of hydrogen-bond donors (Lipinski definition) is 2. The zero-order valence-electron chi connectivity index (χ0n) is 16.7. The molecule has 0 radical (unpaired) electrons. The molecule has 4 heteroatoms. The molecular formula is C21H37N3S. The maximum Gasteiger partial charge on any atom is 0.170 e. The molecule has 142 valence electrons. The zero-order chi connectivity index (χ0) is 18.5. The largest absolute Gasteiger partial charge is 0.361 e. The van der Waals surface area contributed by atoms with Gasteiger partial charge in [-0.2, -0.15) is 0 Å². The number of nitrogens with one attached hydrogen (secondary N) is 2. The van der Waals surface area contributed by atoms with Gasteiger partial charge >= 0.3 is 0 Å². The van der Waals surface area contributed by atoms with Crippen LogP contribution in [-0.4, -0.2) is 36.2 Å². The lowest BCUT2D eigenvalue weighted by Crippen LogP contribution is -2.38. The molecule has 0 fully saturated rings. The van der Waals surface area contributed by atoms with Crippen LogP contribution in [0, 0.1) is 0 Å². The Balaban J connectivity index is 2.51. The Labute approximate surface area is 160 Å². The maximum absolute atomic E-state index is 5.54. The monoisotopic (exact) mass is 363 g/mol. The van der Waals surface area contributed by atoms with Gasteiger partial charge in [0.2, 0.25) is 0 Å². The van der Waals surface area contributed by atoms with Crippen molar-refractivity contribution in [1.29, 1.82) is 0 Å². The predicted molar refractivity (Wildman–Crippen MR) is 116 cm³/mol. The summed E-state index contributed by atoms with van der Waals surface area (Å²) in [6, 6.07) is 6.50. The van der Waals surface area contributed by atoms with Crippen LogP contribution in [0.25, 0.3) is 0 Å². The summed E-state index contributed by atoms with van der Waals surface area (Å²) in [6.45, 7) is 13.2. The number of anilines is 1. The minimum absolute atomic E-state index is 0.738. The molecular weight excluding hydrogens is 326 g/mol. The smallest absolute Gasteiger partial charge is 0.170 e. The van der Waals surface area contributed by atoms with Crippen molar-refractivity contribution in [3.63, 3.8) is 0 Å². The molecule has 1 aromatic carbocycles. The molecule has 0 aromatic heterocycles. The summed E-state index contributed by atoms with van der Waals surface area (Å²) >= 11 is 5.54. The molecule has 0 amide bonds. The Kier molecular flexibility index (Phi) is 11.5. The quantitative estimate of drug-likeness (QED) is 0.511. The van der Waals surface area contributed by atoms with Crippen LogP contribution in [0.2, 0.25) is 0 Å². The molecule has 2 N–H and O–H groups in total. The Morgan fingerprint density at radius 3 is 1.96 bits per heavy atom. The molecule has 0 aliphatic carbocycles. The first-order valence-corrected chi connectivity index (χ1v) is 10.4. The fourth-order valence-electron chi connectivity index (χ4n) is 2.99.